The summed E-state index contributed by atoms with van der Waals surface area (Å²) >= 11 is 0. The normalized spacial score (nSPS) is 12.2. The summed E-state index contributed by atoms with van der Waals surface area (Å²) in [7, 11) is 0. The molecule has 74 valence electrons. The molecule has 0 atom stereocenters. The minimum atomic E-state index is 0.107. The summed E-state index contributed by atoms with van der Waals surface area (Å²) < 4.78 is 1.92. The Kier molecular flexibility index (Phi) is 1.77. The van der Waals surface area contributed by atoms with Gasteiger partial charge in [0, 0.05) is 18.0 Å². The van der Waals surface area contributed by atoms with Crippen molar-refractivity contribution in [2.24, 2.45) is 0 Å². The molecule has 0 unspecified atom stereocenters. The van der Waals surface area contributed by atoms with E-state index in [4.69, 9.17) is 5.73 Å². The zero-order valence-corrected chi connectivity index (χ0v) is 8.78. The smallest absolute Gasteiger partial charge is 0.141 e. The lowest BCUT2D eigenvalue weighted by Crippen LogP contribution is -2.11. The van der Waals surface area contributed by atoms with E-state index in [0.29, 0.717) is 0 Å². The van der Waals surface area contributed by atoms with Crippen LogP contribution in [0.3, 0.4) is 0 Å². The van der Waals surface area contributed by atoms with Crippen LogP contribution in [-0.4, -0.2) is 9.38 Å². The van der Waals surface area contributed by atoms with Crippen LogP contribution in [0.25, 0.3) is 5.65 Å². The van der Waals surface area contributed by atoms with Gasteiger partial charge < -0.3 is 5.73 Å². The predicted molar refractivity (Wildman–Crippen MR) is 58.3 cm³/mol. The molecule has 3 heteroatoms. The van der Waals surface area contributed by atoms with Crippen LogP contribution in [0.15, 0.2) is 24.5 Å². The topological polar surface area (TPSA) is 43.3 Å². The highest BCUT2D eigenvalue weighted by Crippen LogP contribution is 2.27. The van der Waals surface area contributed by atoms with Gasteiger partial charge in [0.25, 0.3) is 0 Å². The molecule has 0 fully saturated rings. The van der Waals surface area contributed by atoms with Crippen LogP contribution < -0.4 is 5.73 Å². The van der Waals surface area contributed by atoms with Gasteiger partial charge in [0.15, 0.2) is 0 Å². The van der Waals surface area contributed by atoms with Gasteiger partial charge in [-0.1, -0.05) is 20.8 Å². The summed E-state index contributed by atoms with van der Waals surface area (Å²) in [4.78, 5) is 4.35. The van der Waals surface area contributed by atoms with Crippen LogP contribution in [0.1, 0.15) is 26.3 Å². The average Bonchev–Trinajstić information content (AvgIpc) is 2.47. The fourth-order valence-electron chi connectivity index (χ4n) is 1.61. The fourth-order valence-corrected chi connectivity index (χ4v) is 1.61. The maximum absolute atomic E-state index is 5.84. The SMILES string of the molecule is CC(C)(C)c1ccn2c(N)ccnc12. The number of rotatable bonds is 0. The van der Waals surface area contributed by atoms with Gasteiger partial charge in [0.1, 0.15) is 11.5 Å². The predicted octanol–water partition coefficient (Wildman–Crippen LogP) is 2.21. The molecule has 0 aromatic carbocycles. The van der Waals surface area contributed by atoms with Crippen LogP contribution in [-0.2, 0) is 5.41 Å². The molecular formula is C11H15N3. The minimum Gasteiger partial charge on any atom is -0.385 e. The molecule has 2 heterocycles. The number of hydrogen-bond acceptors (Lipinski definition) is 2. The van der Waals surface area contributed by atoms with Gasteiger partial charge in [-0.2, -0.15) is 0 Å². The molecule has 0 saturated heterocycles. The van der Waals surface area contributed by atoms with Crippen molar-refractivity contribution in [3.8, 4) is 0 Å². The lowest BCUT2D eigenvalue weighted by atomic mass is 9.89. The number of nitrogen functional groups attached to an aromatic ring is 1. The summed E-state index contributed by atoms with van der Waals surface area (Å²) in [5.74, 6) is 0.727. The number of aromatic nitrogens is 2. The molecular weight excluding hydrogens is 174 g/mol. The molecule has 2 rings (SSSR count). The molecule has 2 aromatic heterocycles. The Labute approximate surface area is 83.6 Å². The maximum atomic E-state index is 5.84. The van der Waals surface area contributed by atoms with Crippen LogP contribution >= 0.6 is 0 Å². The molecule has 0 aliphatic carbocycles. The summed E-state index contributed by atoms with van der Waals surface area (Å²) in [6, 6.07) is 3.89. The lowest BCUT2D eigenvalue weighted by Gasteiger charge is -2.16. The van der Waals surface area contributed by atoms with Crippen LogP contribution in [0, 0.1) is 0 Å². The molecule has 0 saturated carbocycles. The van der Waals surface area contributed by atoms with Crippen molar-refractivity contribution in [1.82, 2.24) is 9.38 Å². The molecule has 0 radical (unpaired) electrons. The Hall–Kier alpha value is -1.51. The first-order valence-electron chi connectivity index (χ1n) is 4.72. The number of fused-ring (bicyclic) bond motifs is 1. The number of anilines is 1. The van der Waals surface area contributed by atoms with E-state index < -0.39 is 0 Å². The second kappa shape index (κ2) is 2.74. The zero-order chi connectivity index (χ0) is 10.3. The van der Waals surface area contributed by atoms with E-state index in [2.05, 4.69) is 31.8 Å². The highest BCUT2D eigenvalue weighted by atomic mass is 15.0. The molecule has 0 aliphatic rings. The third-order valence-corrected chi connectivity index (χ3v) is 2.39. The monoisotopic (exact) mass is 189 g/mol. The summed E-state index contributed by atoms with van der Waals surface area (Å²) in [5.41, 5.74) is 8.13. The first-order chi connectivity index (χ1) is 6.50. The Morgan fingerprint density at radius 1 is 1.29 bits per heavy atom. The van der Waals surface area contributed by atoms with E-state index in [0.717, 1.165) is 11.5 Å². The molecule has 0 aliphatic heterocycles. The molecule has 2 N–H and O–H groups in total. The number of hydrogen-bond donors (Lipinski definition) is 1. The van der Waals surface area contributed by atoms with E-state index in [1.807, 2.05) is 10.6 Å². The Morgan fingerprint density at radius 2 is 2.00 bits per heavy atom. The Morgan fingerprint density at radius 3 is 2.64 bits per heavy atom. The van der Waals surface area contributed by atoms with Crippen molar-refractivity contribution in [2.75, 3.05) is 5.73 Å². The molecule has 0 spiro atoms. The zero-order valence-electron chi connectivity index (χ0n) is 8.78. The van der Waals surface area contributed by atoms with Crippen molar-refractivity contribution >= 4 is 11.5 Å². The third kappa shape index (κ3) is 1.25. The van der Waals surface area contributed by atoms with Crippen LogP contribution in [0.2, 0.25) is 0 Å². The standard InChI is InChI=1S/C11H15N3/c1-11(2,3)8-5-7-14-9(12)4-6-13-10(8)14/h4-7H,12H2,1-3H3. The van der Waals surface area contributed by atoms with Crippen molar-refractivity contribution in [3.63, 3.8) is 0 Å². The second-order valence-corrected chi connectivity index (χ2v) is 4.54. The highest BCUT2D eigenvalue weighted by Gasteiger charge is 2.18. The summed E-state index contributed by atoms with van der Waals surface area (Å²) in [6.45, 7) is 6.52. The number of nitrogens with zero attached hydrogens (tertiary/aromatic N) is 2. The van der Waals surface area contributed by atoms with Crippen molar-refractivity contribution in [2.45, 2.75) is 26.2 Å². The number of nitrogens with two attached hydrogens (primary N) is 1. The summed E-state index contributed by atoms with van der Waals surface area (Å²) in [5, 5.41) is 0. The molecule has 2 aromatic rings. The first kappa shape index (κ1) is 9.06. The first-order valence-corrected chi connectivity index (χ1v) is 4.72. The molecule has 14 heavy (non-hydrogen) atoms. The largest absolute Gasteiger partial charge is 0.385 e. The molecule has 3 nitrogen and oxygen atoms in total. The van der Waals surface area contributed by atoms with E-state index in [9.17, 15) is 0 Å². The Bertz CT molecular complexity index is 463. The van der Waals surface area contributed by atoms with Gasteiger partial charge in [-0.15, -0.1) is 0 Å². The summed E-state index contributed by atoms with van der Waals surface area (Å²) in [6.07, 6.45) is 3.72. The molecule has 0 amide bonds. The van der Waals surface area contributed by atoms with Gasteiger partial charge in [-0.05, 0) is 17.5 Å². The van der Waals surface area contributed by atoms with Gasteiger partial charge >= 0.3 is 0 Å². The quantitative estimate of drug-likeness (QED) is 0.690. The van der Waals surface area contributed by atoms with E-state index in [1.165, 1.54) is 5.56 Å². The fraction of sp³-hybridized carbons (Fsp3) is 0.364. The van der Waals surface area contributed by atoms with Crippen LogP contribution in [0.5, 0.6) is 0 Å². The second-order valence-electron chi connectivity index (χ2n) is 4.54. The van der Waals surface area contributed by atoms with E-state index in [1.54, 1.807) is 12.3 Å². The van der Waals surface area contributed by atoms with Gasteiger partial charge in [-0.3, -0.25) is 4.40 Å². The van der Waals surface area contributed by atoms with E-state index >= 15 is 0 Å². The van der Waals surface area contributed by atoms with Gasteiger partial charge in [0.2, 0.25) is 0 Å². The van der Waals surface area contributed by atoms with Crippen molar-refractivity contribution in [1.29, 1.82) is 0 Å². The van der Waals surface area contributed by atoms with E-state index in [-0.39, 0.29) is 5.41 Å². The van der Waals surface area contributed by atoms with Crippen molar-refractivity contribution < 1.29 is 0 Å². The van der Waals surface area contributed by atoms with Crippen LogP contribution in [0.4, 0.5) is 5.82 Å². The average molecular weight is 189 g/mol. The third-order valence-electron chi connectivity index (χ3n) is 2.39. The van der Waals surface area contributed by atoms with Crippen molar-refractivity contribution in [3.05, 3.63) is 30.1 Å². The van der Waals surface area contributed by atoms with Gasteiger partial charge in [0.05, 0.1) is 0 Å². The molecule has 0 bridgehead atoms. The minimum absolute atomic E-state index is 0.107. The Balaban J connectivity index is 2.76. The maximum Gasteiger partial charge on any atom is 0.141 e. The van der Waals surface area contributed by atoms with Gasteiger partial charge in [-0.25, -0.2) is 4.98 Å². The highest BCUT2D eigenvalue weighted by molar-refractivity contribution is 5.56. The lowest BCUT2D eigenvalue weighted by molar-refractivity contribution is 0.595.